The molecule has 2 atom stereocenters. The molecule has 2 saturated heterocycles. The van der Waals surface area contributed by atoms with E-state index in [2.05, 4.69) is 58.5 Å². The zero-order valence-electron chi connectivity index (χ0n) is 15.2. The van der Waals surface area contributed by atoms with Gasteiger partial charge in [-0.15, -0.1) is 0 Å². The number of piperidine rings is 1. The molecule has 0 unspecified atom stereocenters. The number of aromatic nitrogens is 2. The van der Waals surface area contributed by atoms with Crippen molar-refractivity contribution >= 4 is 11.6 Å². The Morgan fingerprint density at radius 1 is 1.04 bits per heavy atom. The molecule has 2 aliphatic rings. The van der Waals surface area contributed by atoms with Gasteiger partial charge in [-0.1, -0.05) is 12.1 Å². The summed E-state index contributed by atoms with van der Waals surface area (Å²) in [6, 6.07) is 11.6. The SMILES string of the molecule is CN(C)c1ccc(-c2ccnc(N[C@H]3CCCN4CCC[C@@H]34)n2)cc1. The van der Waals surface area contributed by atoms with Crippen LogP contribution in [0.2, 0.25) is 0 Å². The van der Waals surface area contributed by atoms with Gasteiger partial charge in [0.2, 0.25) is 5.95 Å². The summed E-state index contributed by atoms with van der Waals surface area (Å²) in [6.07, 6.45) is 6.96. The average Bonchev–Trinajstić information content (AvgIpc) is 3.12. The molecule has 132 valence electrons. The minimum Gasteiger partial charge on any atom is -0.378 e. The van der Waals surface area contributed by atoms with E-state index in [9.17, 15) is 0 Å². The fourth-order valence-electron chi connectivity index (χ4n) is 4.15. The minimum absolute atomic E-state index is 0.475. The molecule has 0 radical (unpaired) electrons. The normalized spacial score (nSPS) is 23.3. The molecule has 1 aromatic carbocycles. The summed E-state index contributed by atoms with van der Waals surface area (Å²) in [6.45, 7) is 2.50. The summed E-state index contributed by atoms with van der Waals surface area (Å²) < 4.78 is 0. The van der Waals surface area contributed by atoms with Crippen LogP contribution in [0.3, 0.4) is 0 Å². The smallest absolute Gasteiger partial charge is 0.223 e. The Kier molecular flexibility index (Phi) is 4.57. The van der Waals surface area contributed by atoms with Gasteiger partial charge in [-0.2, -0.15) is 0 Å². The molecule has 0 aliphatic carbocycles. The van der Waals surface area contributed by atoms with Crippen molar-refractivity contribution in [1.29, 1.82) is 0 Å². The van der Waals surface area contributed by atoms with Crippen LogP contribution in [0.5, 0.6) is 0 Å². The quantitative estimate of drug-likeness (QED) is 0.928. The van der Waals surface area contributed by atoms with Crippen LogP contribution in [0, 0.1) is 0 Å². The summed E-state index contributed by atoms with van der Waals surface area (Å²) in [4.78, 5) is 14.0. The lowest BCUT2D eigenvalue weighted by Crippen LogP contribution is -2.47. The number of hydrogen-bond donors (Lipinski definition) is 1. The lowest BCUT2D eigenvalue weighted by molar-refractivity contribution is 0.182. The van der Waals surface area contributed by atoms with Crippen LogP contribution in [0.1, 0.15) is 25.7 Å². The molecule has 5 heteroatoms. The zero-order valence-corrected chi connectivity index (χ0v) is 15.2. The highest BCUT2D eigenvalue weighted by molar-refractivity contribution is 5.63. The molecule has 0 amide bonds. The van der Waals surface area contributed by atoms with Gasteiger partial charge < -0.3 is 10.2 Å². The summed E-state index contributed by atoms with van der Waals surface area (Å²) in [7, 11) is 4.11. The first-order valence-corrected chi connectivity index (χ1v) is 9.32. The first-order chi connectivity index (χ1) is 12.2. The number of nitrogens with one attached hydrogen (secondary N) is 1. The Bertz CT molecular complexity index is 712. The second-order valence-electron chi connectivity index (χ2n) is 7.35. The van der Waals surface area contributed by atoms with Crippen LogP contribution in [0.4, 0.5) is 11.6 Å². The van der Waals surface area contributed by atoms with Gasteiger partial charge in [0, 0.05) is 43.6 Å². The van der Waals surface area contributed by atoms with Crippen LogP contribution in [-0.2, 0) is 0 Å². The third-order valence-electron chi connectivity index (χ3n) is 5.49. The zero-order chi connectivity index (χ0) is 17.2. The average molecular weight is 337 g/mol. The molecule has 3 heterocycles. The Labute approximate surface area is 150 Å². The van der Waals surface area contributed by atoms with Crippen molar-refractivity contribution in [1.82, 2.24) is 14.9 Å². The van der Waals surface area contributed by atoms with E-state index in [-0.39, 0.29) is 0 Å². The third kappa shape index (κ3) is 3.47. The van der Waals surface area contributed by atoms with Crippen LogP contribution in [0.25, 0.3) is 11.3 Å². The molecular formula is C20H27N5. The van der Waals surface area contributed by atoms with Crippen LogP contribution < -0.4 is 10.2 Å². The molecule has 0 spiro atoms. The second-order valence-corrected chi connectivity index (χ2v) is 7.35. The summed E-state index contributed by atoms with van der Waals surface area (Å²) in [5, 5.41) is 3.62. The molecule has 1 N–H and O–H groups in total. The van der Waals surface area contributed by atoms with Crippen LogP contribution >= 0.6 is 0 Å². The number of rotatable bonds is 4. The van der Waals surface area contributed by atoms with Crippen molar-refractivity contribution in [3.05, 3.63) is 36.5 Å². The molecule has 1 aromatic heterocycles. The summed E-state index contributed by atoms with van der Waals surface area (Å²) in [5.74, 6) is 0.757. The Morgan fingerprint density at radius 3 is 2.56 bits per heavy atom. The molecule has 0 bridgehead atoms. The number of hydrogen-bond acceptors (Lipinski definition) is 5. The first-order valence-electron chi connectivity index (χ1n) is 9.32. The lowest BCUT2D eigenvalue weighted by Gasteiger charge is -2.37. The maximum absolute atomic E-state index is 4.77. The summed E-state index contributed by atoms with van der Waals surface area (Å²) >= 11 is 0. The van der Waals surface area contributed by atoms with E-state index in [1.807, 2.05) is 12.3 Å². The monoisotopic (exact) mass is 337 g/mol. The molecule has 2 fully saturated rings. The van der Waals surface area contributed by atoms with Gasteiger partial charge in [-0.3, -0.25) is 4.90 Å². The van der Waals surface area contributed by atoms with Gasteiger partial charge in [0.15, 0.2) is 0 Å². The maximum atomic E-state index is 4.77. The van der Waals surface area contributed by atoms with Crippen molar-refractivity contribution in [3.63, 3.8) is 0 Å². The predicted octanol–water partition coefficient (Wildman–Crippen LogP) is 3.25. The fourth-order valence-corrected chi connectivity index (χ4v) is 4.15. The topological polar surface area (TPSA) is 44.3 Å². The van der Waals surface area contributed by atoms with Crippen molar-refractivity contribution in [2.24, 2.45) is 0 Å². The van der Waals surface area contributed by atoms with E-state index < -0.39 is 0 Å². The van der Waals surface area contributed by atoms with Gasteiger partial charge in [-0.25, -0.2) is 9.97 Å². The molecule has 2 aromatic rings. The number of anilines is 2. The third-order valence-corrected chi connectivity index (χ3v) is 5.49. The van der Waals surface area contributed by atoms with Gasteiger partial charge in [0.25, 0.3) is 0 Å². The molecule has 25 heavy (non-hydrogen) atoms. The predicted molar refractivity (Wildman–Crippen MR) is 103 cm³/mol. The number of fused-ring (bicyclic) bond motifs is 1. The standard InChI is InChI=1S/C20H27N5/c1-24(2)16-9-7-15(8-10-16)17-11-12-21-20(22-17)23-18-5-3-13-25-14-4-6-19(18)25/h7-12,18-19H,3-6,13-14H2,1-2H3,(H,21,22,23)/t18-,19-/m0/s1. The maximum Gasteiger partial charge on any atom is 0.223 e. The Hall–Kier alpha value is -2.14. The van der Waals surface area contributed by atoms with Gasteiger partial charge in [0.05, 0.1) is 5.69 Å². The Morgan fingerprint density at radius 2 is 1.80 bits per heavy atom. The first kappa shape index (κ1) is 16.3. The van der Waals surface area contributed by atoms with Crippen LogP contribution in [0.15, 0.2) is 36.5 Å². The summed E-state index contributed by atoms with van der Waals surface area (Å²) in [5.41, 5.74) is 3.30. The molecular weight excluding hydrogens is 310 g/mol. The van der Waals surface area contributed by atoms with Crippen molar-refractivity contribution in [2.75, 3.05) is 37.4 Å². The lowest BCUT2D eigenvalue weighted by atomic mass is 9.96. The van der Waals surface area contributed by atoms with E-state index in [0.29, 0.717) is 12.1 Å². The van der Waals surface area contributed by atoms with E-state index >= 15 is 0 Å². The van der Waals surface area contributed by atoms with E-state index in [4.69, 9.17) is 4.98 Å². The fraction of sp³-hybridized carbons (Fsp3) is 0.500. The van der Waals surface area contributed by atoms with E-state index in [1.54, 1.807) is 0 Å². The second kappa shape index (κ2) is 7.00. The molecule has 0 saturated carbocycles. The van der Waals surface area contributed by atoms with Crippen molar-refractivity contribution in [3.8, 4) is 11.3 Å². The highest BCUT2D eigenvalue weighted by atomic mass is 15.2. The van der Waals surface area contributed by atoms with Gasteiger partial charge >= 0.3 is 0 Å². The highest BCUT2D eigenvalue weighted by Crippen LogP contribution is 2.29. The van der Waals surface area contributed by atoms with Gasteiger partial charge in [0.1, 0.15) is 0 Å². The molecule has 5 nitrogen and oxygen atoms in total. The molecule has 4 rings (SSSR count). The number of nitrogens with zero attached hydrogens (tertiary/aromatic N) is 4. The van der Waals surface area contributed by atoms with Crippen molar-refractivity contribution < 1.29 is 0 Å². The van der Waals surface area contributed by atoms with E-state index in [0.717, 1.165) is 17.2 Å². The minimum atomic E-state index is 0.475. The van der Waals surface area contributed by atoms with Crippen LogP contribution in [-0.4, -0.2) is 54.1 Å². The Balaban J connectivity index is 1.51. The van der Waals surface area contributed by atoms with E-state index in [1.165, 1.54) is 44.5 Å². The van der Waals surface area contributed by atoms with Gasteiger partial charge in [-0.05, 0) is 57.0 Å². The number of benzene rings is 1. The molecule has 2 aliphatic heterocycles. The van der Waals surface area contributed by atoms with Crippen molar-refractivity contribution in [2.45, 2.75) is 37.8 Å². The largest absolute Gasteiger partial charge is 0.378 e. The highest BCUT2D eigenvalue weighted by Gasteiger charge is 2.34.